The van der Waals surface area contributed by atoms with E-state index >= 15 is 0 Å². The summed E-state index contributed by atoms with van der Waals surface area (Å²) in [5.41, 5.74) is 4.41. The first kappa shape index (κ1) is 24.9. The van der Waals surface area contributed by atoms with E-state index in [9.17, 15) is 14.4 Å². The molecular weight excluding hydrogens is 446 g/mol. The smallest absolute Gasteiger partial charge is 0.305 e. The number of carbonyl (C=O) groups excluding carboxylic acids is 3. The van der Waals surface area contributed by atoms with E-state index in [1.807, 2.05) is 52.6 Å². The van der Waals surface area contributed by atoms with Crippen LogP contribution in [0.2, 0.25) is 0 Å². The minimum Gasteiger partial charge on any atom is -0.469 e. The third-order valence-electron chi connectivity index (χ3n) is 7.08. The van der Waals surface area contributed by atoms with Gasteiger partial charge in [0.1, 0.15) is 0 Å². The summed E-state index contributed by atoms with van der Waals surface area (Å²) < 4.78 is 6.60. The lowest BCUT2D eigenvalue weighted by Gasteiger charge is -2.35. The molecule has 0 bridgehead atoms. The van der Waals surface area contributed by atoms with Crippen molar-refractivity contribution in [1.29, 1.82) is 0 Å². The Morgan fingerprint density at radius 2 is 1.57 bits per heavy atom. The fourth-order valence-corrected chi connectivity index (χ4v) is 4.91. The summed E-state index contributed by atoms with van der Waals surface area (Å²) in [6.07, 6.45) is 3.10. The van der Waals surface area contributed by atoms with Gasteiger partial charge < -0.3 is 14.5 Å². The van der Waals surface area contributed by atoms with E-state index in [0.717, 1.165) is 48.6 Å². The molecular formula is C26H35N5O4. The molecule has 2 aliphatic heterocycles. The number of aryl methyl sites for hydroxylation is 1. The fourth-order valence-electron chi connectivity index (χ4n) is 4.91. The van der Waals surface area contributed by atoms with Gasteiger partial charge in [0.05, 0.1) is 25.0 Å². The summed E-state index contributed by atoms with van der Waals surface area (Å²) in [6.45, 7) is 8.78. The molecule has 0 aliphatic carbocycles. The molecule has 4 rings (SSSR count). The first-order valence-electron chi connectivity index (χ1n) is 12.4. The monoisotopic (exact) mass is 481 g/mol. The lowest BCUT2D eigenvalue weighted by molar-refractivity contribution is -0.140. The summed E-state index contributed by atoms with van der Waals surface area (Å²) >= 11 is 0. The van der Waals surface area contributed by atoms with Gasteiger partial charge in [-0.2, -0.15) is 5.10 Å². The maximum absolute atomic E-state index is 13.1. The van der Waals surface area contributed by atoms with Crippen LogP contribution in [0.5, 0.6) is 0 Å². The van der Waals surface area contributed by atoms with Crippen LogP contribution in [0.3, 0.4) is 0 Å². The highest BCUT2D eigenvalue weighted by Gasteiger charge is 2.26. The maximum atomic E-state index is 13.1. The molecule has 0 unspecified atom stereocenters. The Bertz CT molecular complexity index is 1060. The third-order valence-corrected chi connectivity index (χ3v) is 7.08. The van der Waals surface area contributed by atoms with Crippen molar-refractivity contribution in [3.63, 3.8) is 0 Å². The Morgan fingerprint density at radius 3 is 2.20 bits per heavy atom. The molecule has 0 radical (unpaired) electrons. The standard InChI is InChI=1S/C26H35N5O4/c1-19-23(10-11-25(33)35-3)20(2)31(27-19)22-8-6-21(7-9-22)26(34)30-16-14-28(15-17-30)18-24(32)29-12-4-5-13-29/h6-9H,4-5,10-18H2,1-3H3. The number of hydrogen-bond acceptors (Lipinski definition) is 6. The first-order chi connectivity index (χ1) is 16.9. The number of rotatable bonds is 7. The van der Waals surface area contributed by atoms with Crippen molar-refractivity contribution < 1.29 is 19.1 Å². The van der Waals surface area contributed by atoms with E-state index in [0.29, 0.717) is 51.1 Å². The second-order valence-electron chi connectivity index (χ2n) is 9.34. The number of carbonyl (C=O) groups is 3. The maximum Gasteiger partial charge on any atom is 0.305 e. The Balaban J connectivity index is 1.34. The van der Waals surface area contributed by atoms with E-state index in [1.54, 1.807) is 0 Å². The molecule has 1 aromatic heterocycles. The average molecular weight is 482 g/mol. The van der Waals surface area contributed by atoms with Crippen molar-refractivity contribution in [2.45, 2.75) is 39.5 Å². The SMILES string of the molecule is COC(=O)CCc1c(C)nn(-c2ccc(C(=O)N3CCN(CC(=O)N4CCCC4)CC3)cc2)c1C. The molecule has 0 atom stereocenters. The molecule has 0 saturated carbocycles. The highest BCUT2D eigenvalue weighted by molar-refractivity contribution is 5.94. The topological polar surface area (TPSA) is 88.0 Å². The second-order valence-corrected chi connectivity index (χ2v) is 9.34. The zero-order chi connectivity index (χ0) is 24.9. The predicted octanol–water partition coefficient (Wildman–Crippen LogP) is 1.97. The molecule has 2 amide bonds. The Labute approximate surface area is 206 Å². The van der Waals surface area contributed by atoms with Gasteiger partial charge in [0.25, 0.3) is 5.91 Å². The number of esters is 1. The molecule has 2 aromatic rings. The van der Waals surface area contributed by atoms with Crippen LogP contribution in [0.4, 0.5) is 0 Å². The number of aromatic nitrogens is 2. The fraction of sp³-hybridized carbons (Fsp3) is 0.538. The zero-order valence-electron chi connectivity index (χ0n) is 21.0. The van der Waals surface area contributed by atoms with Crippen LogP contribution in [0.1, 0.15) is 46.6 Å². The predicted molar refractivity (Wildman–Crippen MR) is 132 cm³/mol. The number of benzene rings is 1. The molecule has 2 saturated heterocycles. The second kappa shape index (κ2) is 11.0. The molecule has 188 valence electrons. The van der Waals surface area contributed by atoms with Crippen molar-refractivity contribution in [2.24, 2.45) is 0 Å². The van der Waals surface area contributed by atoms with E-state index in [4.69, 9.17) is 4.74 Å². The van der Waals surface area contributed by atoms with Crippen LogP contribution in [0.25, 0.3) is 5.69 Å². The van der Waals surface area contributed by atoms with Gasteiger partial charge in [0.15, 0.2) is 0 Å². The van der Waals surface area contributed by atoms with Gasteiger partial charge in [-0.05, 0) is 62.9 Å². The molecule has 0 spiro atoms. The van der Waals surface area contributed by atoms with Gasteiger partial charge in [0, 0.05) is 56.9 Å². The Kier molecular flexibility index (Phi) is 7.85. The number of amides is 2. The zero-order valence-corrected chi connectivity index (χ0v) is 21.0. The number of methoxy groups -OCH3 is 1. The van der Waals surface area contributed by atoms with E-state index in [-0.39, 0.29) is 17.8 Å². The van der Waals surface area contributed by atoms with Gasteiger partial charge in [0.2, 0.25) is 5.91 Å². The Hall–Kier alpha value is -3.20. The van der Waals surface area contributed by atoms with Crippen LogP contribution in [0, 0.1) is 13.8 Å². The quantitative estimate of drug-likeness (QED) is 0.562. The van der Waals surface area contributed by atoms with Crippen molar-refractivity contribution in [3.05, 3.63) is 46.8 Å². The number of piperazine rings is 1. The van der Waals surface area contributed by atoms with E-state index in [1.165, 1.54) is 7.11 Å². The highest BCUT2D eigenvalue weighted by Crippen LogP contribution is 2.21. The molecule has 35 heavy (non-hydrogen) atoms. The molecule has 9 nitrogen and oxygen atoms in total. The molecule has 2 aliphatic rings. The van der Waals surface area contributed by atoms with Crippen LogP contribution in [-0.2, 0) is 20.7 Å². The lowest BCUT2D eigenvalue weighted by atomic mass is 10.1. The van der Waals surface area contributed by atoms with Crippen molar-refractivity contribution >= 4 is 17.8 Å². The van der Waals surface area contributed by atoms with Crippen LogP contribution in [0.15, 0.2) is 24.3 Å². The van der Waals surface area contributed by atoms with Gasteiger partial charge in [-0.3, -0.25) is 19.3 Å². The number of likely N-dealkylation sites (tertiary alicyclic amines) is 1. The van der Waals surface area contributed by atoms with Crippen molar-refractivity contribution in [1.82, 2.24) is 24.5 Å². The molecule has 0 N–H and O–H groups in total. The minimum atomic E-state index is -0.238. The van der Waals surface area contributed by atoms with E-state index < -0.39 is 0 Å². The van der Waals surface area contributed by atoms with Gasteiger partial charge in [-0.1, -0.05) is 0 Å². The van der Waals surface area contributed by atoms with E-state index in [2.05, 4.69) is 10.00 Å². The van der Waals surface area contributed by atoms with Crippen molar-refractivity contribution in [3.8, 4) is 5.69 Å². The highest BCUT2D eigenvalue weighted by atomic mass is 16.5. The minimum absolute atomic E-state index is 0.00852. The lowest BCUT2D eigenvalue weighted by Crippen LogP contribution is -2.51. The largest absolute Gasteiger partial charge is 0.469 e. The normalized spacial score (nSPS) is 16.5. The molecule has 3 heterocycles. The van der Waals surface area contributed by atoms with Gasteiger partial charge in [-0.15, -0.1) is 0 Å². The average Bonchev–Trinajstić information content (AvgIpc) is 3.51. The summed E-state index contributed by atoms with van der Waals surface area (Å²) in [5, 5.41) is 4.64. The van der Waals surface area contributed by atoms with Crippen molar-refractivity contribution in [2.75, 3.05) is 52.9 Å². The summed E-state index contributed by atoms with van der Waals surface area (Å²) in [5.74, 6) is -0.0249. The van der Waals surface area contributed by atoms with Gasteiger partial charge >= 0.3 is 5.97 Å². The molecule has 2 fully saturated rings. The molecule has 9 heteroatoms. The molecule has 1 aromatic carbocycles. The third kappa shape index (κ3) is 5.73. The summed E-state index contributed by atoms with van der Waals surface area (Å²) in [7, 11) is 1.39. The number of nitrogens with zero attached hydrogens (tertiary/aromatic N) is 5. The Morgan fingerprint density at radius 1 is 0.914 bits per heavy atom. The number of ether oxygens (including phenoxy) is 1. The van der Waals surface area contributed by atoms with Crippen LogP contribution in [-0.4, -0.2) is 95.2 Å². The summed E-state index contributed by atoms with van der Waals surface area (Å²) in [6, 6.07) is 7.49. The first-order valence-corrected chi connectivity index (χ1v) is 12.4. The van der Waals surface area contributed by atoms with Crippen LogP contribution >= 0.6 is 0 Å². The van der Waals surface area contributed by atoms with Gasteiger partial charge in [-0.25, -0.2) is 4.68 Å². The number of hydrogen-bond donors (Lipinski definition) is 0. The van der Waals surface area contributed by atoms with Crippen LogP contribution < -0.4 is 0 Å². The summed E-state index contributed by atoms with van der Waals surface area (Å²) in [4.78, 5) is 42.9.